The van der Waals surface area contributed by atoms with Crippen molar-refractivity contribution in [2.75, 3.05) is 0 Å². The summed E-state index contributed by atoms with van der Waals surface area (Å²) in [6, 6.07) is 14.6. The molecule has 24 heavy (non-hydrogen) atoms. The standard InChI is InChI=1S/C16H13Cl2N5O/c17-13-7-6-12(14(18)8-13)9-19-15(24)10-23-21-16(20-22-23)11-4-2-1-3-5-11/h1-8H,9-10H2,(H,19,24). The normalized spacial score (nSPS) is 10.6. The van der Waals surface area contributed by atoms with Crippen LogP contribution in [0.25, 0.3) is 11.4 Å². The van der Waals surface area contributed by atoms with Crippen molar-refractivity contribution in [1.82, 2.24) is 25.5 Å². The van der Waals surface area contributed by atoms with Crippen LogP contribution in [0.15, 0.2) is 48.5 Å². The van der Waals surface area contributed by atoms with Crippen LogP contribution in [0.4, 0.5) is 0 Å². The highest BCUT2D eigenvalue weighted by Crippen LogP contribution is 2.20. The molecule has 8 heteroatoms. The third-order valence-electron chi connectivity index (χ3n) is 3.26. The topological polar surface area (TPSA) is 72.7 Å². The number of nitrogens with one attached hydrogen (secondary N) is 1. The van der Waals surface area contributed by atoms with Crippen molar-refractivity contribution >= 4 is 29.1 Å². The van der Waals surface area contributed by atoms with E-state index in [-0.39, 0.29) is 12.5 Å². The average molecular weight is 362 g/mol. The molecule has 0 fully saturated rings. The molecule has 0 atom stereocenters. The molecule has 0 aliphatic heterocycles. The fourth-order valence-corrected chi connectivity index (χ4v) is 2.53. The highest BCUT2D eigenvalue weighted by molar-refractivity contribution is 6.35. The Balaban J connectivity index is 1.58. The van der Waals surface area contributed by atoms with Gasteiger partial charge in [-0.2, -0.15) is 4.80 Å². The van der Waals surface area contributed by atoms with Gasteiger partial charge in [0, 0.05) is 22.2 Å². The average Bonchev–Trinajstić information content (AvgIpc) is 3.03. The molecule has 2 aromatic carbocycles. The Morgan fingerprint density at radius 2 is 1.92 bits per heavy atom. The molecule has 1 heterocycles. The zero-order valence-electron chi connectivity index (χ0n) is 12.5. The lowest BCUT2D eigenvalue weighted by molar-refractivity contribution is -0.122. The molecule has 0 aliphatic rings. The van der Waals surface area contributed by atoms with Crippen LogP contribution in [0.3, 0.4) is 0 Å². The van der Waals surface area contributed by atoms with E-state index in [1.807, 2.05) is 30.3 Å². The summed E-state index contributed by atoms with van der Waals surface area (Å²) in [5, 5.41) is 15.9. The number of halogens is 2. The van der Waals surface area contributed by atoms with E-state index in [1.54, 1.807) is 18.2 Å². The second kappa shape index (κ2) is 7.42. The number of carbonyl (C=O) groups excluding carboxylic acids is 1. The monoisotopic (exact) mass is 361 g/mol. The number of amides is 1. The maximum Gasteiger partial charge on any atom is 0.243 e. The van der Waals surface area contributed by atoms with Gasteiger partial charge in [-0.1, -0.05) is 59.6 Å². The first-order chi connectivity index (χ1) is 11.6. The summed E-state index contributed by atoms with van der Waals surface area (Å²) in [5.41, 5.74) is 1.63. The third kappa shape index (κ3) is 4.10. The maximum atomic E-state index is 12.0. The van der Waals surface area contributed by atoms with Gasteiger partial charge in [0.05, 0.1) is 0 Å². The zero-order chi connectivity index (χ0) is 16.9. The van der Waals surface area contributed by atoms with Crippen LogP contribution in [-0.4, -0.2) is 26.1 Å². The number of hydrogen-bond donors (Lipinski definition) is 1. The second-order valence-electron chi connectivity index (χ2n) is 5.02. The summed E-state index contributed by atoms with van der Waals surface area (Å²) in [4.78, 5) is 13.3. The highest BCUT2D eigenvalue weighted by Gasteiger charge is 2.09. The molecule has 0 spiro atoms. The summed E-state index contributed by atoms with van der Waals surface area (Å²) in [6.45, 7) is 0.278. The lowest BCUT2D eigenvalue weighted by atomic mass is 10.2. The van der Waals surface area contributed by atoms with Crippen molar-refractivity contribution < 1.29 is 4.79 Å². The van der Waals surface area contributed by atoms with Crippen LogP contribution >= 0.6 is 23.2 Å². The van der Waals surface area contributed by atoms with E-state index < -0.39 is 0 Å². The number of benzene rings is 2. The molecule has 0 aliphatic carbocycles. The van der Waals surface area contributed by atoms with Gasteiger partial charge in [-0.25, -0.2) is 0 Å². The first kappa shape index (κ1) is 16.4. The summed E-state index contributed by atoms with van der Waals surface area (Å²) in [5.74, 6) is 0.238. The molecule has 0 radical (unpaired) electrons. The minimum absolute atomic E-state index is 0.0228. The van der Waals surface area contributed by atoms with Crippen molar-refractivity contribution in [3.05, 3.63) is 64.1 Å². The fourth-order valence-electron chi connectivity index (χ4n) is 2.06. The van der Waals surface area contributed by atoms with Gasteiger partial charge in [0.2, 0.25) is 11.7 Å². The van der Waals surface area contributed by atoms with Gasteiger partial charge in [-0.15, -0.1) is 10.2 Å². The molecule has 1 amide bonds. The van der Waals surface area contributed by atoms with E-state index >= 15 is 0 Å². The minimum Gasteiger partial charge on any atom is -0.350 e. The summed E-state index contributed by atoms with van der Waals surface area (Å²) < 4.78 is 0. The molecular weight excluding hydrogens is 349 g/mol. The molecule has 1 N–H and O–H groups in total. The molecular formula is C16H13Cl2N5O. The first-order valence-corrected chi connectivity index (χ1v) is 7.91. The van der Waals surface area contributed by atoms with Crippen molar-refractivity contribution in [2.24, 2.45) is 0 Å². The van der Waals surface area contributed by atoms with E-state index in [2.05, 4.69) is 20.7 Å². The highest BCUT2D eigenvalue weighted by atomic mass is 35.5. The van der Waals surface area contributed by atoms with Gasteiger partial charge >= 0.3 is 0 Å². The maximum absolute atomic E-state index is 12.0. The van der Waals surface area contributed by atoms with Gasteiger partial charge in [0.25, 0.3) is 0 Å². The van der Waals surface area contributed by atoms with Gasteiger partial charge in [0.15, 0.2) is 0 Å². The Hall–Kier alpha value is -2.44. The fraction of sp³-hybridized carbons (Fsp3) is 0.125. The molecule has 0 bridgehead atoms. The molecule has 122 valence electrons. The number of rotatable bonds is 5. The Morgan fingerprint density at radius 3 is 2.67 bits per heavy atom. The van der Waals surface area contributed by atoms with Crippen LogP contribution in [0.2, 0.25) is 10.0 Å². The number of carbonyl (C=O) groups is 1. The van der Waals surface area contributed by atoms with Crippen molar-refractivity contribution in [2.45, 2.75) is 13.1 Å². The van der Waals surface area contributed by atoms with Crippen molar-refractivity contribution in [3.63, 3.8) is 0 Å². The zero-order valence-corrected chi connectivity index (χ0v) is 14.0. The van der Waals surface area contributed by atoms with Crippen LogP contribution in [0.1, 0.15) is 5.56 Å². The predicted octanol–water partition coefficient (Wildman–Crippen LogP) is 2.96. The molecule has 0 saturated heterocycles. The van der Waals surface area contributed by atoms with Gasteiger partial charge in [-0.05, 0) is 22.9 Å². The van der Waals surface area contributed by atoms with Crippen LogP contribution in [0, 0.1) is 0 Å². The first-order valence-electron chi connectivity index (χ1n) is 7.15. The van der Waals surface area contributed by atoms with E-state index in [9.17, 15) is 4.79 Å². The smallest absolute Gasteiger partial charge is 0.243 e. The lowest BCUT2D eigenvalue weighted by Gasteiger charge is -2.06. The van der Waals surface area contributed by atoms with Crippen LogP contribution in [0.5, 0.6) is 0 Å². The van der Waals surface area contributed by atoms with Crippen LogP contribution < -0.4 is 5.32 Å². The molecule has 3 rings (SSSR count). The Morgan fingerprint density at radius 1 is 1.12 bits per heavy atom. The lowest BCUT2D eigenvalue weighted by Crippen LogP contribution is -2.28. The number of nitrogens with zero attached hydrogens (tertiary/aromatic N) is 4. The molecule has 0 saturated carbocycles. The largest absolute Gasteiger partial charge is 0.350 e. The predicted molar refractivity (Wildman–Crippen MR) is 91.6 cm³/mol. The van der Waals surface area contributed by atoms with Crippen LogP contribution in [-0.2, 0) is 17.9 Å². The van der Waals surface area contributed by atoms with E-state index in [0.717, 1.165) is 11.1 Å². The quantitative estimate of drug-likeness (QED) is 0.758. The van der Waals surface area contributed by atoms with Crippen molar-refractivity contribution in [1.29, 1.82) is 0 Å². The summed E-state index contributed by atoms with van der Waals surface area (Å²) in [6.07, 6.45) is 0. The number of hydrogen-bond acceptors (Lipinski definition) is 4. The second-order valence-corrected chi connectivity index (χ2v) is 5.87. The summed E-state index contributed by atoms with van der Waals surface area (Å²) in [7, 11) is 0. The van der Waals surface area contributed by atoms with E-state index in [1.165, 1.54) is 4.80 Å². The van der Waals surface area contributed by atoms with Gasteiger partial charge < -0.3 is 5.32 Å². The SMILES string of the molecule is O=C(Cn1nnc(-c2ccccc2)n1)NCc1ccc(Cl)cc1Cl. The molecule has 0 unspecified atom stereocenters. The Bertz CT molecular complexity index is 851. The Labute approximate surface area is 148 Å². The number of tetrazole rings is 1. The van der Waals surface area contributed by atoms with E-state index in [4.69, 9.17) is 23.2 Å². The van der Waals surface area contributed by atoms with Crippen molar-refractivity contribution in [3.8, 4) is 11.4 Å². The number of aromatic nitrogens is 4. The van der Waals surface area contributed by atoms with Gasteiger partial charge in [-0.3, -0.25) is 4.79 Å². The Kier molecular flexibility index (Phi) is 5.08. The molecule has 3 aromatic rings. The van der Waals surface area contributed by atoms with E-state index in [0.29, 0.717) is 22.4 Å². The van der Waals surface area contributed by atoms with Gasteiger partial charge in [0.1, 0.15) is 6.54 Å². The summed E-state index contributed by atoms with van der Waals surface area (Å²) >= 11 is 11.9. The minimum atomic E-state index is -0.238. The molecule has 6 nitrogen and oxygen atoms in total. The molecule has 1 aromatic heterocycles. The third-order valence-corrected chi connectivity index (χ3v) is 3.85.